The van der Waals surface area contributed by atoms with Gasteiger partial charge in [0.1, 0.15) is 0 Å². The first kappa shape index (κ1) is 16.2. The molecule has 0 bridgehead atoms. The van der Waals surface area contributed by atoms with Gasteiger partial charge in [0, 0.05) is 0 Å². The van der Waals surface area contributed by atoms with E-state index in [2.05, 4.69) is 0 Å². The highest BCUT2D eigenvalue weighted by Crippen LogP contribution is 2.11. The largest absolute Gasteiger partial charge is 0.456 e. The molecule has 0 aliphatic carbocycles. The molecule has 102 valence electrons. The van der Waals surface area contributed by atoms with Gasteiger partial charge < -0.3 is 18.9 Å². The van der Waals surface area contributed by atoms with Gasteiger partial charge in [-0.15, -0.1) is 0 Å². The molecule has 0 unspecified atom stereocenters. The number of ether oxygens (including phenoxy) is 4. The fraction of sp³-hybridized carbons (Fsp3) is 0.429. The van der Waals surface area contributed by atoms with Gasteiger partial charge in [-0.1, -0.05) is 24.3 Å². The highest BCUT2D eigenvalue weighted by Gasteiger charge is 2.24. The Morgan fingerprint density at radius 3 is 0.889 bits per heavy atom. The Morgan fingerprint density at radius 1 is 0.500 bits per heavy atom. The van der Waals surface area contributed by atoms with E-state index in [1.807, 2.05) is 27.7 Å². The molecule has 0 saturated carbocycles. The molecule has 0 atom stereocenters. The first-order chi connectivity index (χ1) is 8.79. The topological polar surface area (TPSA) is 36.9 Å². The van der Waals surface area contributed by atoms with Crippen LogP contribution in [0.5, 0.6) is 0 Å². The van der Waals surface area contributed by atoms with Gasteiger partial charge in [0.15, 0.2) is 0 Å². The van der Waals surface area contributed by atoms with Gasteiger partial charge in [0.2, 0.25) is 0 Å². The van der Waals surface area contributed by atoms with E-state index in [9.17, 15) is 0 Å². The highest BCUT2D eigenvalue weighted by atomic mass is 16.8. The maximum Gasteiger partial charge on any atom is 0.314 e. The van der Waals surface area contributed by atoms with Gasteiger partial charge in [-0.3, -0.25) is 0 Å². The zero-order chi connectivity index (χ0) is 13.6. The highest BCUT2D eigenvalue weighted by molar-refractivity contribution is 4.76. The van der Waals surface area contributed by atoms with E-state index in [1.54, 1.807) is 24.3 Å². The molecule has 4 heteroatoms. The Labute approximate surface area is 109 Å². The summed E-state index contributed by atoms with van der Waals surface area (Å²) in [5, 5.41) is 0. The Hall–Kier alpha value is -1.84. The zero-order valence-electron chi connectivity index (χ0n) is 11.4. The van der Waals surface area contributed by atoms with Crippen molar-refractivity contribution in [1.29, 1.82) is 0 Å². The second kappa shape index (κ2) is 11.6. The third-order valence-electron chi connectivity index (χ3n) is 1.62. The summed E-state index contributed by atoms with van der Waals surface area (Å²) in [5.41, 5.74) is 0. The second-order valence-electron chi connectivity index (χ2n) is 3.16. The van der Waals surface area contributed by atoms with Crippen LogP contribution in [0.4, 0.5) is 0 Å². The van der Waals surface area contributed by atoms with Crippen molar-refractivity contribution in [2.24, 2.45) is 0 Å². The van der Waals surface area contributed by atoms with E-state index < -0.39 is 12.6 Å². The fourth-order valence-corrected chi connectivity index (χ4v) is 0.945. The van der Waals surface area contributed by atoms with E-state index in [-0.39, 0.29) is 0 Å². The Morgan fingerprint density at radius 2 is 0.722 bits per heavy atom. The lowest BCUT2D eigenvalue weighted by Gasteiger charge is -2.24. The fourth-order valence-electron chi connectivity index (χ4n) is 0.945. The standard InChI is InChI=1S/C14H22O4/c1-5-9-15-13(16-10-6-2)14(17-11-7-3)18-12-8-4/h5-14H,1-4H3. The average Bonchev–Trinajstić information content (AvgIpc) is 2.40. The van der Waals surface area contributed by atoms with Crippen LogP contribution in [-0.2, 0) is 18.9 Å². The Kier molecular flexibility index (Phi) is 10.4. The van der Waals surface area contributed by atoms with Crippen molar-refractivity contribution in [3.05, 3.63) is 49.4 Å². The van der Waals surface area contributed by atoms with Gasteiger partial charge >= 0.3 is 12.6 Å². The molecule has 0 heterocycles. The van der Waals surface area contributed by atoms with Crippen LogP contribution in [-0.4, -0.2) is 12.6 Å². The van der Waals surface area contributed by atoms with Crippen molar-refractivity contribution in [2.45, 2.75) is 40.3 Å². The molecule has 0 aromatic rings. The molecule has 18 heavy (non-hydrogen) atoms. The van der Waals surface area contributed by atoms with Crippen molar-refractivity contribution in [1.82, 2.24) is 0 Å². The van der Waals surface area contributed by atoms with Gasteiger partial charge in [0.05, 0.1) is 25.0 Å². The van der Waals surface area contributed by atoms with Crippen LogP contribution in [0.2, 0.25) is 0 Å². The quantitative estimate of drug-likeness (QED) is 0.463. The third kappa shape index (κ3) is 7.44. The molecular formula is C14H22O4. The van der Waals surface area contributed by atoms with E-state index in [4.69, 9.17) is 18.9 Å². The molecule has 0 rings (SSSR count). The minimum absolute atomic E-state index is 0.690. The molecule has 0 radical (unpaired) electrons. The van der Waals surface area contributed by atoms with E-state index in [0.717, 1.165) is 0 Å². The molecule has 0 aliphatic rings. The lowest BCUT2D eigenvalue weighted by atomic mass is 10.5. The van der Waals surface area contributed by atoms with Crippen LogP contribution in [0, 0.1) is 0 Å². The Balaban J connectivity index is 4.66. The molecule has 4 nitrogen and oxygen atoms in total. The van der Waals surface area contributed by atoms with Crippen molar-refractivity contribution >= 4 is 0 Å². The smallest absolute Gasteiger partial charge is 0.314 e. The maximum atomic E-state index is 5.38. The summed E-state index contributed by atoms with van der Waals surface area (Å²) in [6, 6.07) is 0. The van der Waals surface area contributed by atoms with Crippen molar-refractivity contribution in [3.63, 3.8) is 0 Å². The van der Waals surface area contributed by atoms with Crippen LogP contribution < -0.4 is 0 Å². The van der Waals surface area contributed by atoms with Gasteiger partial charge in [-0.05, 0) is 27.7 Å². The zero-order valence-corrected chi connectivity index (χ0v) is 11.4. The first-order valence-corrected chi connectivity index (χ1v) is 5.86. The summed E-state index contributed by atoms with van der Waals surface area (Å²) in [6.07, 6.45) is 11.8. The van der Waals surface area contributed by atoms with Crippen LogP contribution in [0.25, 0.3) is 0 Å². The monoisotopic (exact) mass is 254 g/mol. The van der Waals surface area contributed by atoms with Crippen molar-refractivity contribution in [2.75, 3.05) is 0 Å². The lowest BCUT2D eigenvalue weighted by Crippen LogP contribution is -2.32. The molecule has 0 spiro atoms. The van der Waals surface area contributed by atoms with E-state index in [1.165, 1.54) is 25.0 Å². The van der Waals surface area contributed by atoms with Crippen molar-refractivity contribution in [3.8, 4) is 0 Å². The number of allylic oxidation sites excluding steroid dienone is 4. The number of hydrogen-bond acceptors (Lipinski definition) is 4. The van der Waals surface area contributed by atoms with Gasteiger partial charge in [-0.2, -0.15) is 0 Å². The molecule has 0 aromatic heterocycles. The first-order valence-electron chi connectivity index (χ1n) is 5.86. The average molecular weight is 254 g/mol. The van der Waals surface area contributed by atoms with E-state index in [0.29, 0.717) is 0 Å². The summed E-state index contributed by atoms with van der Waals surface area (Å²) in [4.78, 5) is 0. The maximum absolute atomic E-state index is 5.38. The minimum Gasteiger partial charge on any atom is -0.456 e. The summed E-state index contributed by atoms with van der Waals surface area (Å²) in [5.74, 6) is 0. The van der Waals surface area contributed by atoms with Crippen LogP contribution in [0.3, 0.4) is 0 Å². The SMILES string of the molecule is CC=COC(OC=CC)C(OC=CC)OC=CC. The molecule has 0 amide bonds. The van der Waals surface area contributed by atoms with Crippen LogP contribution in [0.15, 0.2) is 49.4 Å². The molecule has 0 N–H and O–H groups in total. The van der Waals surface area contributed by atoms with Crippen LogP contribution >= 0.6 is 0 Å². The summed E-state index contributed by atoms with van der Waals surface area (Å²) < 4.78 is 21.5. The van der Waals surface area contributed by atoms with E-state index >= 15 is 0 Å². The van der Waals surface area contributed by atoms with Gasteiger partial charge in [-0.25, -0.2) is 0 Å². The predicted molar refractivity (Wildman–Crippen MR) is 71.2 cm³/mol. The normalized spacial score (nSPS) is 15.6. The van der Waals surface area contributed by atoms with Crippen molar-refractivity contribution < 1.29 is 18.9 Å². The number of hydrogen-bond donors (Lipinski definition) is 0. The Bertz CT molecular complexity index is 234. The van der Waals surface area contributed by atoms with Gasteiger partial charge in [0.25, 0.3) is 0 Å². The van der Waals surface area contributed by atoms with Crippen LogP contribution in [0.1, 0.15) is 27.7 Å². The summed E-state index contributed by atoms with van der Waals surface area (Å²) in [6.45, 7) is 7.39. The second-order valence-corrected chi connectivity index (χ2v) is 3.16. The third-order valence-corrected chi connectivity index (χ3v) is 1.62. The molecular weight excluding hydrogens is 232 g/mol. The summed E-state index contributed by atoms with van der Waals surface area (Å²) >= 11 is 0. The lowest BCUT2D eigenvalue weighted by molar-refractivity contribution is -0.218. The molecule has 0 fully saturated rings. The molecule has 0 aromatic carbocycles. The predicted octanol–water partition coefficient (Wildman–Crippen LogP) is 3.84. The minimum atomic E-state index is -0.690. The molecule has 0 saturated heterocycles. The number of rotatable bonds is 9. The molecule has 0 aliphatic heterocycles. The summed E-state index contributed by atoms with van der Waals surface area (Å²) in [7, 11) is 0.